The van der Waals surface area contributed by atoms with Crippen molar-refractivity contribution in [3.05, 3.63) is 29.8 Å². The number of benzene rings is 1. The SMILES string of the molecule is Cc1ccccc1S(=O)(=O)NCC1(N)CCC1.Cl. The second kappa shape index (κ2) is 5.57. The highest BCUT2D eigenvalue weighted by molar-refractivity contribution is 7.89. The summed E-state index contributed by atoms with van der Waals surface area (Å²) in [4.78, 5) is 0.336. The molecule has 0 saturated heterocycles. The molecule has 6 heteroatoms. The normalized spacial score (nSPS) is 17.7. The van der Waals surface area contributed by atoms with Gasteiger partial charge in [-0.25, -0.2) is 13.1 Å². The lowest BCUT2D eigenvalue weighted by Crippen LogP contribution is -2.54. The third-order valence-corrected chi connectivity index (χ3v) is 4.91. The summed E-state index contributed by atoms with van der Waals surface area (Å²) in [6.45, 7) is 2.11. The van der Waals surface area contributed by atoms with E-state index in [9.17, 15) is 8.42 Å². The predicted molar refractivity (Wildman–Crippen MR) is 74.4 cm³/mol. The van der Waals surface area contributed by atoms with Gasteiger partial charge in [-0.1, -0.05) is 18.2 Å². The first-order chi connectivity index (χ1) is 7.93. The molecular formula is C12H19ClN2O2S. The molecule has 18 heavy (non-hydrogen) atoms. The summed E-state index contributed by atoms with van der Waals surface area (Å²) >= 11 is 0. The van der Waals surface area contributed by atoms with E-state index in [0.717, 1.165) is 24.8 Å². The van der Waals surface area contributed by atoms with E-state index < -0.39 is 10.0 Å². The quantitative estimate of drug-likeness (QED) is 0.884. The molecule has 0 radical (unpaired) electrons. The smallest absolute Gasteiger partial charge is 0.240 e. The summed E-state index contributed by atoms with van der Waals surface area (Å²) < 4.78 is 26.8. The number of sulfonamides is 1. The lowest BCUT2D eigenvalue weighted by molar-refractivity contribution is 0.251. The first-order valence-corrected chi connectivity index (χ1v) is 7.25. The average molecular weight is 291 g/mol. The average Bonchev–Trinajstić information content (AvgIpc) is 2.24. The number of hydrogen-bond donors (Lipinski definition) is 2. The third kappa shape index (κ3) is 3.23. The number of rotatable bonds is 4. The maximum Gasteiger partial charge on any atom is 0.240 e. The molecule has 0 unspecified atom stereocenters. The van der Waals surface area contributed by atoms with Gasteiger partial charge in [0.2, 0.25) is 10.0 Å². The summed E-state index contributed by atoms with van der Waals surface area (Å²) in [7, 11) is -3.43. The molecule has 1 aliphatic carbocycles. The molecule has 4 nitrogen and oxygen atoms in total. The van der Waals surface area contributed by atoms with E-state index in [0.29, 0.717) is 11.4 Å². The Morgan fingerprint density at radius 3 is 2.44 bits per heavy atom. The monoisotopic (exact) mass is 290 g/mol. The molecule has 0 atom stereocenters. The molecule has 1 aromatic carbocycles. The van der Waals surface area contributed by atoms with Crippen molar-refractivity contribution in [3.8, 4) is 0 Å². The van der Waals surface area contributed by atoms with Gasteiger partial charge in [-0.2, -0.15) is 0 Å². The van der Waals surface area contributed by atoms with Crippen molar-refractivity contribution < 1.29 is 8.42 Å². The molecule has 1 fully saturated rings. The fourth-order valence-electron chi connectivity index (χ4n) is 1.98. The van der Waals surface area contributed by atoms with Crippen LogP contribution in [-0.2, 0) is 10.0 Å². The van der Waals surface area contributed by atoms with Crippen LogP contribution in [0.1, 0.15) is 24.8 Å². The second-order valence-corrected chi connectivity index (χ2v) is 6.54. The first-order valence-electron chi connectivity index (χ1n) is 5.77. The Bertz CT molecular complexity index is 513. The third-order valence-electron chi connectivity index (χ3n) is 3.35. The highest BCUT2D eigenvalue weighted by Gasteiger charge is 2.33. The van der Waals surface area contributed by atoms with Crippen molar-refractivity contribution >= 4 is 22.4 Å². The van der Waals surface area contributed by atoms with Gasteiger partial charge in [0.15, 0.2) is 0 Å². The van der Waals surface area contributed by atoms with Gasteiger partial charge in [0.1, 0.15) is 0 Å². The van der Waals surface area contributed by atoms with E-state index >= 15 is 0 Å². The summed E-state index contributed by atoms with van der Waals surface area (Å²) in [6.07, 6.45) is 2.87. The molecular weight excluding hydrogens is 272 g/mol. The molecule has 3 N–H and O–H groups in total. The van der Waals surface area contributed by atoms with E-state index in [4.69, 9.17) is 5.73 Å². The number of halogens is 1. The van der Waals surface area contributed by atoms with Crippen LogP contribution in [0.15, 0.2) is 29.2 Å². The van der Waals surface area contributed by atoms with Gasteiger partial charge >= 0.3 is 0 Å². The molecule has 0 aromatic heterocycles. The molecule has 0 heterocycles. The lowest BCUT2D eigenvalue weighted by atomic mass is 9.78. The number of nitrogens with one attached hydrogen (secondary N) is 1. The van der Waals surface area contributed by atoms with Crippen molar-refractivity contribution in [1.29, 1.82) is 0 Å². The topological polar surface area (TPSA) is 72.2 Å². The van der Waals surface area contributed by atoms with Gasteiger partial charge < -0.3 is 5.73 Å². The fraction of sp³-hybridized carbons (Fsp3) is 0.500. The van der Waals surface area contributed by atoms with Crippen LogP contribution in [0.4, 0.5) is 0 Å². The number of hydrogen-bond acceptors (Lipinski definition) is 3. The molecule has 1 saturated carbocycles. The molecule has 1 aromatic rings. The van der Waals surface area contributed by atoms with Crippen LogP contribution in [0.3, 0.4) is 0 Å². The number of nitrogens with two attached hydrogens (primary N) is 1. The van der Waals surface area contributed by atoms with Gasteiger partial charge in [0.05, 0.1) is 4.90 Å². The van der Waals surface area contributed by atoms with Crippen LogP contribution in [-0.4, -0.2) is 20.5 Å². The predicted octanol–water partition coefficient (Wildman–Crippen LogP) is 1.58. The standard InChI is InChI=1S/C12H18N2O2S.ClH/c1-10-5-2-3-6-11(10)17(15,16)14-9-12(13)7-4-8-12;/h2-3,5-6,14H,4,7-9,13H2,1H3;1H. The van der Waals surface area contributed by atoms with Crippen molar-refractivity contribution in [2.45, 2.75) is 36.6 Å². The van der Waals surface area contributed by atoms with Gasteiger partial charge in [-0.3, -0.25) is 0 Å². The van der Waals surface area contributed by atoms with Crippen molar-refractivity contribution in [3.63, 3.8) is 0 Å². The van der Waals surface area contributed by atoms with Crippen LogP contribution in [0.5, 0.6) is 0 Å². The highest BCUT2D eigenvalue weighted by atomic mass is 35.5. The molecule has 0 bridgehead atoms. The molecule has 1 aliphatic rings. The zero-order chi connectivity index (χ0) is 12.5. The summed E-state index contributed by atoms with van der Waals surface area (Å²) in [5.41, 5.74) is 6.41. The second-order valence-electron chi connectivity index (χ2n) is 4.81. The summed E-state index contributed by atoms with van der Waals surface area (Å²) in [6, 6.07) is 6.95. The Labute approximate surface area is 114 Å². The Morgan fingerprint density at radius 1 is 1.33 bits per heavy atom. The van der Waals surface area contributed by atoms with E-state index in [-0.39, 0.29) is 17.9 Å². The van der Waals surface area contributed by atoms with Gasteiger partial charge in [0, 0.05) is 12.1 Å². The first kappa shape index (κ1) is 15.4. The fourth-order valence-corrected chi connectivity index (χ4v) is 3.36. The van der Waals surface area contributed by atoms with E-state index in [1.165, 1.54) is 0 Å². The van der Waals surface area contributed by atoms with Gasteiger partial charge in [-0.15, -0.1) is 12.4 Å². The van der Waals surface area contributed by atoms with Crippen LogP contribution in [0, 0.1) is 6.92 Å². The molecule has 0 amide bonds. The Morgan fingerprint density at radius 2 is 1.94 bits per heavy atom. The molecule has 0 spiro atoms. The van der Waals surface area contributed by atoms with Crippen LogP contribution < -0.4 is 10.5 Å². The van der Waals surface area contributed by atoms with Gasteiger partial charge in [0.25, 0.3) is 0 Å². The molecule has 102 valence electrons. The minimum absolute atomic E-state index is 0. The van der Waals surface area contributed by atoms with E-state index in [2.05, 4.69) is 4.72 Å². The minimum Gasteiger partial charge on any atom is -0.324 e. The maximum absolute atomic E-state index is 12.1. The zero-order valence-electron chi connectivity index (χ0n) is 10.3. The summed E-state index contributed by atoms with van der Waals surface area (Å²) in [5.74, 6) is 0. The van der Waals surface area contributed by atoms with E-state index in [1.54, 1.807) is 25.1 Å². The molecule has 2 rings (SSSR count). The van der Waals surface area contributed by atoms with E-state index in [1.807, 2.05) is 6.07 Å². The maximum atomic E-state index is 12.1. The van der Waals surface area contributed by atoms with Gasteiger partial charge in [-0.05, 0) is 37.8 Å². The molecule has 0 aliphatic heterocycles. The summed E-state index contributed by atoms with van der Waals surface area (Å²) in [5, 5.41) is 0. The largest absolute Gasteiger partial charge is 0.324 e. The highest BCUT2D eigenvalue weighted by Crippen LogP contribution is 2.28. The van der Waals surface area contributed by atoms with Crippen LogP contribution >= 0.6 is 12.4 Å². The van der Waals surface area contributed by atoms with Crippen LogP contribution in [0.2, 0.25) is 0 Å². The van der Waals surface area contributed by atoms with Crippen molar-refractivity contribution in [2.24, 2.45) is 5.73 Å². The Kier molecular flexibility index (Phi) is 4.78. The lowest BCUT2D eigenvalue weighted by Gasteiger charge is -2.38. The van der Waals surface area contributed by atoms with Crippen LogP contribution in [0.25, 0.3) is 0 Å². The zero-order valence-corrected chi connectivity index (χ0v) is 12.0. The Balaban J connectivity index is 0.00000162. The van der Waals surface area contributed by atoms with Crippen molar-refractivity contribution in [1.82, 2.24) is 4.72 Å². The Hall–Kier alpha value is -0.620. The van der Waals surface area contributed by atoms with Crippen molar-refractivity contribution in [2.75, 3.05) is 6.54 Å². The minimum atomic E-state index is -3.43. The number of aryl methyl sites for hydroxylation is 1.